The number of hydrogen-bond donors (Lipinski definition) is 1. The number of hydrogen-bond acceptors (Lipinski definition) is 4. The molecule has 1 aromatic carbocycles. The molecule has 0 bridgehead atoms. The van der Waals surface area contributed by atoms with Gasteiger partial charge < -0.3 is 10.1 Å². The lowest BCUT2D eigenvalue weighted by Gasteiger charge is -2.17. The van der Waals surface area contributed by atoms with Crippen molar-refractivity contribution in [2.75, 3.05) is 7.11 Å². The van der Waals surface area contributed by atoms with Gasteiger partial charge in [0, 0.05) is 18.0 Å². The number of carbonyl (C=O) groups is 1. The molecule has 6 heteroatoms. The second-order valence-electron chi connectivity index (χ2n) is 4.17. The molecule has 0 aliphatic rings. The summed E-state index contributed by atoms with van der Waals surface area (Å²) in [4.78, 5) is 19.7. The number of ether oxygens (including phenoxy) is 1. The molecule has 104 valence electrons. The van der Waals surface area contributed by atoms with Gasteiger partial charge in [0.15, 0.2) is 0 Å². The molecule has 0 radical (unpaired) electrons. The summed E-state index contributed by atoms with van der Waals surface area (Å²) in [7, 11) is 1.49. The van der Waals surface area contributed by atoms with Gasteiger partial charge in [-0.1, -0.05) is 0 Å². The van der Waals surface area contributed by atoms with E-state index in [0.29, 0.717) is 11.3 Å². The molecule has 5 nitrogen and oxygen atoms in total. The molecule has 0 saturated heterocycles. The standard InChI is InChI=1S/C14H14FN3O2/c1-9(11-7-10(15)3-4-13(11)20-2)18-14(19)12-8-16-5-6-17-12/h3-9H,1-2H3,(H,18,19). The van der Waals surface area contributed by atoms with E-state index in [1.807, 2.05) is 0 Å². The van der Waals surface area contributed by atoms with Crippen LogP contribution in [0.5, 0.6) is 5.75 Å². The number of nitrogens with one attached hydrogen (secondary N) is 1. The first-order chi connectivity index (χ1) is 9.61. The second-order valence-corrected chi connectivity index (χ2v) is 4.17. The van der Waals surface area contributed by atoms with Gasteiger partial charge in [-0.15, -0.1) is 0 Å². The van der Waals surface area contributed by atoms with E-state index in [4.69, 9.17) is 4.74 Å². The van der Waals surface area contributed by atoms with Crippen molar-refractivity contribution in [3.8, 4) is 5.75 Å². The highest BCUT2D eigenvalue weighted by molar-refractivity contribution is 5.92. The molecule has 0 fully saturated rings. The Morgan fingerprint density at radius 3 is 2.85 bits per heavy atom. The first-order valence-corrected chi connectivity index (χ1v) is 6.02. The molecule has 2 rings (SSSR count). The van der Waals surface area contributed by atoms with Crippen molar-refractivity contribution < 1.29 is 13.9 Å². The quantitative estimate of drug-likeness (QED) is 0.928. The highest BCUT2D eigenvalue weighted by atomic mass is 19.1. The van der Waals surface area contributed by atoms with Gasteiger partial charge in [0.05, 0.1) is 19.3 Å². The van der Waals surface area contributed by atoms with Crippen molar-refractivity contribution in [2.24, 2.45) is 0 Å². The van der Waals surface area contributed by atoms with Crippen LogP contribution in [0.1, 0.15) is 29.0 Å². The van der Waals surface area contributed by atoms with Gasteiger partial charge in [0.25, 0.3) is 5.91 Å². The third-order valence-electron chi connectivity index (χ3n) is 2.80. The number of nitrogens with zero attached hydrogens (tertiary/aromatic N) is 2. The van der Waals surface area contributed by atoms with Crippen LogP contribution >= 0.6 is 0 Å². The first-order valence-electron chi connectivity index (χ1n) is 6.02. The molecule has 1 amide bonds. The zero-order valence-electron chi connectivity index (χ0n) is 11.1. The van der Waals surface area contributed by atoms with E-state index in [-0.39, 0.29) is 17.4 Å². The predicted octanol–water partition coefficient (Wildman–Crippen LogP) is 2.12. The molecule has 0 spiro atoms. The number of benzene rings is 1. The van der Waals surface area contributed by atoms with Crippen LogP contribution in [0.2, 0.25) is 0 Å². The minimum absolute atomic E-state index is 0.203. The molecular weight excluding hydrogens is 261 g/mol. The molecule has 1 unspecified atom stereocenters. The average Bonchev–Trinajstić information content (AvgIpc) is 2.48. The number of rotatable bonds is 4. The normalized spacial score (nSPS) is 11.8. The summed E-state index contributed by atoms with van der Waals surface area (Å²) >= 11 is 0. The fraction of sp³-hybridized carbons (Fsp3) is 0.214. The van der Waals surface area contributed by atoms with Crippen LogP contribution in [0.4, 0.5) is 4.39 Å². The molecule has 1 aromatic heterocycles. The lowest BCUT2D eigenvalue weighted by Crippen LogP contribution is -2.27. The number of aromatic nitrogens is 2. The maximum atomic E-state index is 13.3. The van der Waals surface area contributed by atoms with E-state index in [2.05, 4.69) is 15.3 Å². The van der Waals surface area contributed by atoms with Gasteiger partial charge in [-0.3, -0.25) is 9.78 Å². The van der Waals surface area contributed by atoms with E-state index < -0.39 is 6.04 Å². The largest absolute Gasteiger partial charge is 0.496 e. The van der Waals surface area contributed by atoms with Crippen LogP contribution in [0, 0.1) is 5.82 Å². The Hall–Kier alpha value is -2.50. The summed E-state index contributed by atoms with van der Waals surface area (Å²) in [5, 5.41) is 2.73. The van der Waals surface area contributed by atoms with Crippen molar-refractivity contribution in [3.05, 3.63) is 53.9 Å². The van der Waals surface area contributed by atoms with Crippen molar-refractivity contribution in [1.29, 1.82) is 0 Å². The Morgan fingerprint density at radius 1 is 1.40 bits per heavy atom. The zero-order valence-corrected chi connectivity index (χ0v) is 11.1. The van der Waals surface area contributed by atoms with Crippen molar-refractivity contribution >= 4 is 5.91 Å². The molecule has 0 aliphatic heterocycles. The Labute approximate surface area is 115 Å². The van der Waals surface area contributed by atoms with Gasteiger partial charge in [0.2, 0.25) is 0 Å². The number of amides is 1. The fourth-order valence-electron chi connectivity index (χ4n) is 1.81. The van der Waals surface area contributed by atoms with E-state index in [9.17, 15) is 9.18 Å². The molecule has 2 aromatic rings. The van der Waals surface area contributed by atoms with Crippen molar-refractivity contribution in [3.63, 3.8) is 0 Å². The average molecular weight is 275 g/mol. The summed E-state index contributed by atoms with van der Waals surface area (Å²) in [6, 6.07) is 3.74. The Bertz CT molecular complexity index is 605. The Kier molecular flexibility index (Phi) is 4.24. The SMILES string of the molecule is COc1ccc(F)cc1C(C)NC(=O)c1cnccn1. The van der Waals surface area contributed by atoms with Gasteiger partial charge in [-0.2, -0.15) is 0 Å². The smallest absolute Gasteiger partial charge is 0.271 e. The zero-order chi connectivity index (χ0) is 14.5. The van der Waals surface area contributed by atoms with Crippen molar-refractivity contribution in [2.45, 2.75) is 13.0 Å². The predicted molar refractivity (Wildman–Crippen MR) is 70.9 cm³/mol. The van der Waals surface area contributed by atoms with E-state index in [1.165, 1.54) is 43.9 Å². The number of halogens is 1. The van der Waals surface area contributed by atoms with Gasteiger partial charge in [-0.25, -0.2) is 9.37 Å². The molecule has 0 saturated carbocycles. The Balaban J connectivity index is 2.18. The molecule has 1 atom stereocenters. The van der Waals surface area contributed by atoms with E-state index >= 15 is 0 Å². The maximum Gasteiger partial charge on any atom is 0.271 e. The molecule has 1 N–H and O–H groups in total. The first kappa shape index (κ1) is 13.9. The Morgan fingerprint density at radius 2 is 2.20 bits per heavy atom. The van der Waals surface area contributed by atoms with Crippen LogP contribution in [-0.2, 0) is 0 Å². The summed E-state index contributed by atoms with van der Waals surface area (Å²) in [6.45, 7) is 1.74. The lowest BCUT2D eigenvalue weighted by atomic mass is 10.1. The van der Waals surface area contributed by atoms with Crippen LogP contribution in [-0.4, -0.2) is 23.0 Å². The van der Waals surface area contributed by atoms with Crippen LogP contribution in [0.25, 0.3) is 0 Å². The molecule has 20 heavy (non-hydrogen) atoms. The van der Waals surface area contributed by atoms with Gasteiger partial charge >= 0.3 is 0 Å². The number of carbonyl (C=O) groups excluding carboxylic acids is 1. The van der Waals surface area contributed by atoms with Gasteiger partial charge in [0.1, 0.15) is 17.3 Å². The lowest BCUT2D eigenvalue weighted by molar-refractivity contribution is 0.0934. The summed E-state index contributed by atoms with van der Waals surface area (Å²) in [5.74, 6) is -0.253. The van der Waals surface area contributed by atoms with Crippen LogP contribution in [0.3, 0.4) is 0 Å². The second kappa shape index (κ2) is 6.10. The maximum absolute atomic E-state index is 13.3. The topological polar surface area (TPSA) is 64.1 Å². The third kappa shape index (κ3) is 3.09. The van der Waals surface area contributed by atoms with E-state index in [1.54, 1.807) is 6.92 Å². The van der Waals surface area contributed by atoms with Crippen molar-refractivity contribution in [1.82, 2.24) is 15.3 Å². The highest BCUT2D eigenvalue weighted by Crippen LogP contribution is 2.25. The van der Waals surface area contributed by atoms with E-state index in [0.717, 1.165) is 0 Å². The minimum Gasteiger partial charge on any atom is -0.496 e. The molecule has 1 heterocycles. The van der Waals surface area contributed by atoms with Crippen LogP contribution in [0.15, 0.2) is 36.8 Å². The minimum atomic E-state index is -0.421. The molecular formula is C14H14FN3O2. The van der Waals surface area contributed by atoms with Crippen LogP contribution < -0.4 is 10.1 Å². The summed E-state index contributed by atoms with van der Waals surface area (Å²) in [6.07, 6.45) is 4.28. The summed E-state index contributed by atoms with van der Waals surface area (Å²) in [5.41, 5.74) is 0.763. The van der Waals surface area contributed by atoms with Gasteiger partial charge in [-0.05, 0) is 25.1 Å². The number of methoxy groups -OCH3 is 1. The third-order valence-corrected chi connectivity index (χ3v) is 2.80. The highest BCUT2D eigenvalue weighted by Gasteiger charge is 2.16. The fourth-order valence-corrected chi connectivity index (χ4v) is 1.81. The summed E-state index contributed by atoms with van der Waals surface area (Å²) < 4.78 is 18.5. The molecule has 0 aliphatic carbocycles. The monoisotopic (exact) mass is 275 g/mol.